The molecule has 1 aromatic rings. The van der Waals surface area contributed by atoms with Crippen LogP contribution in [0.3, 0.4) is 0 Å². The van der Waals surface area contributed by atoms with Crippen molar-refractivity contribution in [3.63, 3.8) is 0 Å². The van der Waals surface area contributed by atoms with Gasteiger partial charge < -0.3 is 9.88 Å². The zero-order valence-electron chi connectivity index (χ0n) is 12.3. The molecular formula is C14H23N5O. The lowest BCUT2D eigenvalue weighted by atomic mass is 9.85. The predicted molar refractivity (Wildman–Crippen MR) is 75.1 cm³/mol. The maximum absolute atomic E-state index is 11.9. The van der Waals surface area contributed by atoms with E-state index in [-0.39, 0.29) is 11.9 Å². The Kier molecular flexibility index (Phi) is 3.74. The quantitative estimate of drug-likeness (QED) is 0.887. The molecule has 1 amide bonds. The predicted octanol–water partition coefficient (Wildman–Crippen LogP) is 0.793. The second-order valence-electron chi connectivity index (χ2n) is 5.95. The lowest BCUT2D eigenvalue weighted by Crippen LogP contribution is -2.42. The highest BCUT2D eigenvalue weighted by Crippen LogP contribution is 2.35. The number of aromatic nitrogens is 3. The van der Waals surface area contributed by atoms with Crippen molar-refractivity contribution in [3.05, 3.63) is 11.6 Å². The summed E-state index contributed by atoms with van der Waals surface area (Å²) < 4.78 is 2.12. The third-order valence-corrected chi connectivity index (χ3v) is 4.66. The molecule has 20 heavy (non-hydrogen) atoms. The average molecular weight is 277 g/mol. The van der Waals surface area contributed by atoms with Crippen molar-refractivity contribution in [1.82, 2.24) is 25.0 Å². The molecule has 1 unspecified atom stereocenters. The Labute approximate surface area is 119 Å². The van der Waals surface area contributed by atoms with Crippen LogP contribution in [0.4, 0.5) is 0 Å². The molecule has 1 saturated heterocycles. The highest BCUT2D eigenvalue weighted by molar-refractivity contribution is 5.81. The fraction of sp³-hybridized carbons (Fsp3) is 0.786. The van der Waals surface area contributed by atoms with Crippen LogP contribution < -0.4 is 5.32 Å². The van der Waals surface area contributed by atoms with Gasteiger partial charge in [0.15, 0.2) is 0 Å². The standard InChI is InChI=1S/C14H23N5O/c1-10-14(20)15-7-4-8-19(10)9-12-16-17-13(18(12)2)11-5-3-6-11/h10-11H,3-9H2,1-2H3,(H,15,20). The maximum Gasteiger partial charge on any atom is 0.237 e. The van der Waals surface area contributed by atoms with Crippen LogP contribution in [0.15, 0.2) is 0 Å². The Bertz CT molecular complexity index is 494. The van der Waals surface area contributed by atoms with Gasteiger partial charge >= 0.3 is 0 Å². The first-order valence-corrected chi connectivity index (χ1v) is 7.56. The zero-order chi connectivity index (χ0) is 14.1. The van der Waals surface area contributed by atoms with E-state index < -0.39 is 0 Å². The Hall–Kier alpha value is -1.43. The van der Waals surface area contributed by atoms with Gasteiger partial charge in [-0.2, -0.15) is 0 Å². The summed E-state index contributed by atoms with van der Waals surface area (Å²) in [4.78, 5) is 14.1. The van der Waals surface area contributed by atoms with Gasteiger partial charge in [-0.15, -0.1) is 10.2 Å². The lowest BCUT2D eigenvalue weighted by molar-refractivity contribution is -0.125. The van der Waals surface area contributed by atoms with Crippen LogP contribution >= 0.6 is 0 Å². The minimum atomic E-state index is -0.0960. The summed E-state index contributed by atoms with van der Waals surface area (Å²) >= 11 is 0. The first-order valence-electron chi connectivity index (χ1n) is 7.56. The van der Waals surface area contributed by atoms with Crippen LogP contribution in [0.1, 0.15) is 50.2 Å². The zero-order valence-corrected chi connectivity index (χ0v) is 12.3. The minimum Gasteiger partial charge on any atom is -0.355 e. The number of nitrogens with zero attached hydrogens (tertiary/aromatic N) is 4. The lowest BCUT2D eigenvalue weighted by Gasteiger charge is -2.26. The molecule has 0 radical (unpaired) electrons. The monoisotopic (exact) mass is 277 g/mol. The van der Waals surface area contributed by atoms with Gasteiger partial charge in [-0.25, -0.2) is 0 Å². The molecule has 1 aromatic heterocycles. The van der Waals surface area contributed by atoms with Gasteiger partial charge in [0.25, 0.3) is 0 Å². The molecule has 3 rings (SSSR count). The highest BCUT2D eigenvalue weighted by atomic mass is 16.2. The topological polar surface area (TPSA) is 63.1 Å². The van der Waals surface area contributed by atoms with Crippen molar-refractivity contribution >= 4 is 5.91 Å². The Balaban J connectivity index is 1.73. The summed E-state index contributed by atoms with van der Waals surface area (Å²) in [6.45, 7) is 4.35. The highest BCUT2D eigenvalue weighted by Gasteiger charge is 2.28. The summed E-state index contributed by atoms with van der Waals surface area (Å²) in [6, 6.07) is -0.0960. The van der Waals surface area contributed by atoms with E-state index in [0.717, 1.165) is 31.2 Å². The van der Waals surface area contributed by atoms with E-state index in [2.05, 4.69) is 25.0 Å². The van der Waals surface area contributed by atoms with Crippen LogP contribution in [0.2, 0.25) is 0 Å². The van der Waals surface area contributed by atoms with Crippen LogP contribution in [0.25, 0.3) is 0 Å². The molecule has 2 fully saturated rings. The molecule has 0 spiro atoms. The molecule has 1 saturated carbocycles. The number of hydrogen-bond acceptors (Lipinski definition) is 4. The van der Waals surface area contributed by atoms with Crippen LogP contribution in [0, 0.1) is 0 Å². The summed E-state index contributed by atoms with van der Waals surface area (Å²) in [7, 11) is 2.05. The van der Waals surface area contributed by atoms with Gasteiger partial charge in [-0.3, -0.25) is 9.69 Å². The van der Waals surface area contributed by atoms with Crippen LogP contribution in [-0.2, 0) is 18.4 Å². The van der Waals surface area contributed by atoms with Gasteiger partial charge in [-0.1, -0.05) is 6.42 Å². The van der Waals surface area contributed by atoms with E-state index in [9.17, 15) is 4.79 Å². The normalized spacial score (nSPS) is 25.1. The fourth-order valence-electron chi connectivity index (χ4n) is 2.93. The second kappa shape index (κ2) is 5.52. The molecule has 1 aliphatic heterocycles. The van der Waals surface area contributed by atoms with E-state index in [1.807, 2.05) is 14.0 Å². The van der Waals surface area contributed by atoms with E-state index >= 15 is 0 Å². The SMILES string of the molecule is CC1C(=O)NCCCN1Cc1nnc(C2CCC2)n1C. The number of amides is 1. The van der Waals surface area contributed by atoms with Gasteiger partial charge in [0, 0.05) is 26.1 Å². The van der Waals surface area contributed by atoms with E-state index in [1.165, 1.54) is 19.3 Å². The Morgan fingerprint density at radius 1 is 1.30 bits per heavy atom. The van der Waals surface area contributed by atoms with Crippen molar-refractivity contribution < 1.29 is 4.79 Å². The molecule has 6 nitrogen and oxygen atoms in total. The van der Waals surface area contributed by atoms with Gasteiger partial charge in [0.1, 0.15) is 11.6 Å². The summed E-state index contributed by atoms with van der Waals surface area (Å²) in [5, 5.41) is 11.6. The van der Waals surface area contributed by atoms with Crippen LogP contribution in [-0.4, -0.2) is 44.7 Å². The molecule has 1 atom stereocenters. The van der Waals surface area contributed by atoms with Gasteiger partial charge in [-0.05, 0) is 26.2 Å². The van der Waals surface area contributed by atoms with Gasteiger partial charge in [0.2, 0.25) is 5.91 Å². The van der Waals surface area contributed by atoms with Crippen molar-refractivity contribution in [2.45, 2.75) is 51.1 Å². The molecular weight excluding hydrogens is 254 g/mol. The molecule has 0 aromatic carbocycles. The second-order valence-corrected chi connectivity index (χ2v) is 5.95. The van der Waals surface area contributed by atoms with E-state index in [1.54, 1.807) is 0 Å². The maximum atomic E-state index is 11.9. The number of nitrogens with one attached hydrogen (secondary N) is 1. The van der Waals surface area contributed by atoms with Crippen molar-refractivity contribution in [2.75, 3.05) is 13.1 Å². The first kappa shape index (κ1) is 13.5. The minimum absolute atomic E-state index is 0.0960. The number of hydrogen-bond donors (Lipinski definition) is 1. The summed E-state index contributed by atoms with van der Waals surface area (Å²) in [5.41, 5.74) is 0. The largest absolute Gasteiger partial charge is 0.355 e. The summed E-state index contributed by atoms with van der Waals surface area (Å²) in [6.07, 6.45) is 4.75. The van der Waals surface area contributed by atoms with Crippen molar-refractivity contribution in [2.24, 2.45) is 7.05 Å². The summed E-state index contributed by atoms with van der Waals surface area (Å²) in [5.74, 6) is 2.78. The smallest absolute Gasteiger partial charge is 0.237 e. The van der Waals surface area contributed by atoms with Crippen LogP contribution in [0.5, 0.6) is 0 Å². The average Bonchev–Trinajstić information content (AvgIpc) is 2.63. The Morgan fingerprint density at radius 3 is 2.80 bits per heavy atom. The number of carbonyl (C=O) groups excluding carboxylic acids is 1. The molecule has 110 valence electrons. The molecule has 1 N–H and O–H groups in total. The molecule has 0 bridgehead atoms. The molecule has 6 heteroatoms. The van der Waals surface area contributed by atoms with Gasteiger partial charge in [0.05, 0.1) is 12.6 Å². The molecule has 2 heterocycles. The molecule has 1 aliphatic carbocycles. The molecule has 2 aliphatic rings. The van der Waals surface area contributed by atoms with Crippen molar-refractivity contribution in [3.8, 4) is 0 Å². The third-order valence-electron chi connectivity index (χ3n) is 4.66. The first-order chi connectivity index (χ1) is 9.66. The third kappa shape index (κ3) is 2.44. The Morgan fingerprint density at radius 2 is 2.10 bits per heavy atom. The van der Waals surface area contributed by atoms with E-state index in [0.29, 0.717) is 12.5 Å². The van der Waals surface area contributed by atoms with Crippen molar-refractivity contribution in [1.29, 1.82) is 0 Å². The number of carbonyl (C=O) groups is 1. The number of rotatable bonds is 3. The van der Waals surface area contributed by atoms with E-state index in [4.69, 9.17) is 0 Å². The fourth-order valence-corrected chi connectivity index (χ4v) is 2.93.